The Labute approximate surface area is 103 Å². The number of hydrogen-bond donors (Lipinski definition) is 1. The molecular formula is C14H24O3. The van der Waals surface area contributed by atoms with Gasteiger partial charge in [-0.1, -0.05) is 19.3 Å². The monoisotopic (exact) mass is 240 g/mol. The van der Waals surface area contributed by atoms with E-state index < -0.39 is 0 Å². The lowest BCUT2D eigenvalue weighted by molar-refractivity contribution is -0.213. The van der Waals surface area contributed by atoms with Crippen molar-refractivity contribution in [3.8, 4) is 0 Å². The van der Waals surface area contributed by atoms with Gasteiger partial charge in [-0.2, -0.15) is 0 Å². The number of rotatable bonds is 3. The standard InChI is InChI=1S/C14H24O3/c15-12-9-13(14(12)6-2-1-3-7-14)17-10-11-5-4-8-16-11/h11-13,15H,1-10H2. The van der Waals surface area contributed by atoms with Crippen LogP contribution in [0.1, 0.15) is 51.4 Å². The zero-order chi connectivity index (χ0) is 11.7. The van der Waals surface area contributed by atoms with Gasteiger partial charge in [0.05, 0.1) is 24.9 Å². The second kappa shape index (κ2) is 4.87. The molecule has 3 atom stereocenters. The molecule has 0 amide bonds. The Balaban J connectivity index is 1.52. The van der Waals surface area contributed by atoms with Gasteiger partial charge in [-0.3, -0.25) is 0 Å². The van der Waals surface area contributed by atoms with Gasteiger partial charge in [-0.25, -0.2) is 0 Å². The highest BCUT2D eigenvalue weighted by atomic mass is 16.5. The fraction of sp³-hybridized carbons (Fsp3) is 1.00. The van der Waals surface area contributed by atoms with Crippen LogP contribution in [-0.4, -0.2) is 36.6 Å². The van der Waals surface area contributed by atoms with Crippen molar-refractivity contribution in [1.82, 2.24) is 0 Å². The summed E-state index contributed by atoms with van der Waals surface area (Å²) in [7, 11) is 0. The molecule has 0 radical (unpaired) electrons. The summed E-state index contributed by atoms with van der Waals surface area (Å²) >= 11 is 0. The quantitative estimate of drug-likeness (QED) is 0.822. The molecule has 3 rings (SSSR count). The van der Waals surface area contributed by atoms with E-state index in [0.717, 1.165) is 38.9 Å². The van der Waals surface area contributed by atoms with Crippen molar-refractivity contribution in [3.63, 3.8) is 0 Å². The van der Waals surface area contributed by atoms with Crippen LogP contribution in [-0.2, 0) is 9.47 Å². The predicted octanol–water partition coefficient (Wildman–Crippen LogP) is 2.27. The first-order valence-electron chi connectivity index (χ1n) is 7.22. The van der Waals surface area contributed by atoms with Crippen molar-refractivity contribution in [2.75, 3.05) is 13.2 Å². The van der Waals surface area contributed by atoms with Crippen molar-refractivity contribution >= 4 is 0 Å². The van der Waals surface area contributed by atoms with Crippen LogP contribution < -0.4 is 0 Å². The number of aliphatic hydroxyl groups excluding tert-OH is 1. The number of hydrogen-bond acceptors (Lipinski definition) is 3. The SMILES string of the molecule is OC1CC(OCC2CCCO2)C12CCCCC2. The van der Waals surface area contributed by atoms with Crippen molar-refractivity contribution < 1.29 is 14.6 Å². The van der Waals surface area contributed by atoms with Crippen molar-refractivity contribution in [2.45, 2.75) is 69.7 Å². The lowest BCUT2D eigenvalue weighted by Crippen LogP contribution is -2.59. The Morgan fingerprint density at radius 2 is 2.00 bits per heavy atom. The van der Waals surface area contributed by atoms with Crippen LogP contribution in [0, 0.1) is 5.41 Å². The average Bonchev–Trinajstić information content (AvgIpc) is 2.88. The molecule has 98 valence electrons. The maximum absolute atomic E-state index is 10.1. The largest absolute Gasteiger partial charge is 0.392 e. The smallest absolute Gasteiger partial charge is 0.0809 e. The molecule has 0 bridgehead atoms. The molecule has 17 heavy (non-hydrogen) atoms. The Bertz CT molecular complexity index is 254. The van der Waals surface area contributed by atoms with E-state index in [9.17, 15) is 5.11 Å². The molecule has 0 aromatic carbocycles. The third-order valence-electron chi connectivity index (χ3n) is 5.03. The van der Waals surface area contributed by atoms with Gasteiger partial charge in [0.2, 0.25) is 0 Å². The highest BCUT2D eigenvalue weighted by molar-refractivity contribution is 5.05. The number of ether oxygens (including phenoxy) is 2. The number of aliphatic hydroxyl groups is 1. The minimum Gasteiger partial charge on any atom is -0.392 e. The van der Waals surface area contributed by atoms with E-state index in [4.69, 9.17) is 9.47 Å². The van der Waals surface area contributed by atoms with E-state index in [0.29, 0.717) is 12.2 Å². The molecule has 3 fully saturated rings. The first-order chi connectivity index (χ1) is 8.31. The normalized spacial score (nSPS) is 40.4. The molecule has 1 aliphatic heterocycles. The molecule has 2 saturated carbocycles. The van der Waals surface area contributed by atoms with Crippen LogP contribution in [0.5, 0.6) is 0 Å². The van der Waals surface area contributed by atoms with Crippen LogP contribution in [0.4, 0.5) is 0 Å². The van der Waals surface area contributed by atoms with E-state index in [1.165, 1.54) is 25.7 Å². The first-order valence-corrected chi connectivity index (χ1v) is 7.22. The molecule has 3 aliphatic rings. The topological polar surface area (TPSA) is 38.7 Å². The molecule has 1 heterocycles. The summed E-state index contributed by atoms with van der Waals surface area (Å²) in [4.78, 5) is 0. The van der Waals surface area contributed by atoms with Gasteiger partial charge in [-0.05, 0) is 25.7 Å². The minimum absolute atomic E-state index is 0.108. The van der Waals surface area contributed by atoms with Crippen LogP contribution >= 0.6 is 0 Å². The highest BCUT2D eigenvalue weighted by Gasteiger charge is 2.55. The highest BCUT2D eigenvalue weighted by Crippen LogP contribution is 2.53. The summed E-state index contributed by atoms with van der Waals surface area (Å²) in [5.74, 6) is 0. The molecule has 1 spiro atoms. The van der Waals surface area contributed by atoms with Gasteiger partial charge in [0.1, 0.15) is 0 Å². The molecule has 3 heteroatoms. The van der Waals surface area contributed by atoms with Crippen molar-refractivity contribution in [2.24, 2.45) is 5.41 Å². The predicted molar refractivity (Wildman–Crippen MR) is 64.9 cm³/mol. The van der Waals surface area contributed by atoms with Crippen LogP contribution in [0.3, 0.4) is 0 Å². The first kappa shape index (κ1) is 11.9. The minimum atomic E-state index is -0.114. The van der Waals surface area contributed by atoms with Gasteiger partial charge < -0.3 is 14.6 Å². The van der Waals surface area contributed by atoms with Gasteiger partial charge in [-0.15, -0.1) is 0 Å². The zero-order valence-corrected chi connectivity index (χ0v) is 10.6. The maximum atomic E-state index is 10.1. The fourth-order valence-electron chi connectivity index (χ4n) is 3.82. The zero-order valence-electron chi connectivity index (χ0n) is 10.6. The molecule has 1 saturated heterocycles. The molecule has 3 nitrogen and oxygen atoms in total. The van der Waals surface area contributed by atoms with E-state index in [1.807, 2.05) is 0 Å². The second-order valence-electron chi connectivity index (χ2n) is 6.00. The summed E-state index contributed by atoms with van der Waals surface area (Å²) in [5, 5.41) is 10.1. The lowest BCUT2D eigenvalue weighted by atomic mass is 9.56. The van der Waals surface area contributed by atoms with E-state index >= 15 is 0 Å². The Morgan fingerprint density at radius 1 is 1.18 bits per heavy atom. The van der Waals surface area contributed by atoms with E-state index in [1.54, 1.807) is 0 Å². The van der Waals surface area contributed by atoms with Crippen LogP contribution in [0.25, 0.3) is 0 Å². The van der Waals surface area contributed by atoms with Crippen molar-refractivity contribution in [1.29, 1.82) is 0 Å². The molecule has 0 aromatic heterocycles. The molecule has 1 N–H and O–H groups in total. The maximum Gasteiger partial charge on any atom is 0.0809 e. The van der Waals surface area contributed by atoms with E-state index in [-0.39, 0.29) is 11.5 Å². The van der Waals surface area contributed by atoms with E-state index in [2.05, 4.69) is 0 Å². The summed E-state index contributed by atoms with van der Waals surface area (Å²) in [6.07, 6.45) is 9.81. The summed E-state index contributed by atoms with van der Waals surface area (Å²) in [6.45, 7) is 1.63. The van der Waals surface area contributed by atoms with Gasteiger partial charge >= 0.3 is 0 Å². The molecule has 0 aromatic rings. The van der Waals surface area contributed by atoms with Crippen molar-refractivity contribution in [3.05, 3.63) is 0 Å². The van der Waals surface area contributed by atoms with Gasteiger partial charge in [0.15, 0.2) is 0 Å². The average molecular weight is 240 g/mol. The van der Waals surface area contributed by atoms with Crippen LogP contribution in [0.2, 0.25) is 0 Å². The van der Waals surface area contributed by atoms with Gasteiger partial charge in [0.25, 0.3) is 0 Å². The Kier molecular flexibility index (Phi) is 3.42. The van der Waals surface area contributed by atoms with Crippen LogP contribution in [0.15, 0.2) is 0 Å². The summed E-state index contributed by atoms with van der Waals surface area (Å²) < 4.78 is 11.6. The second-order valence-corrected chi connectivity index (χ2v) is 6.00. The third kappa shape index (κ3) is 2.13. The third-order valence-corrected chi connectivity index (χ3v) is 5.03. The lowest BCUT2D eigenvalue weighted by Gasteiger charge is -2.55. The summed E-state index contributed by atoms with van der Waals surface area (Å²) in [5.41, 5.74) is 0.108. The molecular weight excluding hydrogens is 216 g/mol. The molecule has 3 unspecified atom stereocenters. The fourth-order valence-corrected chi connectivity index (χ4v) is 3.82. The molecule has 2 aliphatic carbocycles. The Hall–Kier alpha value is -0.120. The Morgan fingerprint density at radius 3 is 2.65 bits per heavy atom. The van der Waals surface area contributed by atoms with Gasteiger partial charge in [0, 0.05) is 18.4 Å². The summed E-state index contributed by atoms with van der Waals surface area (Å²) in [6, 6.07) is 0.